The average molecular weight is 558 g/mol. The summed E-state index contributed by atoms with van der Waals surface area (Å²) >= 11 is 3.48. The first-order valence-corrected chi connectivity index (χ1v) is 10.9. The minimum atomic E-state index is -4.56. The van der Waals surface area contributed by atoms with Crippen molar-refractivity contribution in [1.29, 1.82) is 0 Å². The van der Waals surface area contributed by atoms with Crippen molar-refractivity contribution in [3.8, 4) is 23.0 Å². The molecule has 0 aromatic heterocycles. The molecule has 35 heavy (non-hydrogen) atoms. The molecule has 2 aromatic rings. The van der Waals surface area contributed by atoms with Crippen LogP contribution in [0.5, 0.6) is 23.0 Å². The third-order valence-electron chi connectivity index (χ3n) is 5.42. The van der Waals surface area contributed by atoms with E-state index in [0.717, 1.165) is 12.3 Å². The van der Waals surface area contributed by atoms with Gasteiger partial charge in [-0.2, -0.15) is 18.3 Å². The van der Waals surface area contributed by atoms with Gasteiger partial charge in [0.2, 0.25) is 18.3 Å². The van der Waals surface area contributed by atoms with E-state index in [0.29, 0.717) is 33.0 Å². The summed E-state index contributed by atoms with van der Waals surface area (Å²) in [6.07, 6.45) is -4.42. The van der Waals surface area contributed by atoms with Crippen LogP contribution in [-0.4, -0.2) is 38.8 Å². The first-order valence-electron chi connectivity index (χ1n) is 10.1. The Morgan fingerprint density at radius 1 is 1.20 bits per heavy atom. The quantitative estimate of drug-likeness (QED) is 0.416. The van der Waals surface area contributed by atoms with Gasteiger partial charge >= 0.3 is 6.18 Å². The number of hydrogen-bond acceptors (Lipinski definition) is 8. The fourth-order valence-corrected chi connectivity index (χ4v) is 4.51. The SMILES string of the molecule is COc1c(Br)c([C@H]2ON=C(C(=O)N/N=C\c3ccccc3C(F)(F)F)[C@@H]2C)c(OC)c2c1OCO2. The molecule has 0 unspecified atom stereocenters. The van der Waals surface area contributed by atoms with E-state index in [1.54, 1.807) is 6.92 Å². The van der Waals surface area contributed by atoms with E-state index in [4.69, 9.17) is 23.8 Å². The van der Waals surface area contributed by atoms with Gasteiger partial charge in [-0.3, -0.25) is 4.79 Å². The standard InChI is InChI=1S/C22H19BrF3N3O6/c1-10-15(21(30)28-27-8-11-6-4-5-7-12(11)22(24,25)26)29-35-16(10)13-14(23)18(32-3)20-19(17(13)31-2)33-9-34-20/h4-8,10,16H,9H2,1-3H3,(H,28,30)/b27-8-/t10-,16-/m0/s1. The molecule has 0 saturated carbocycles. The lowest BCUT2D eigenvalue weighted by Gasteiger charge is -2.21. The van der Waals surface area contributed by atoms with Crippen molar-refractivity contribution in [2.45, 2.75) is 19.2 Å². The highest BCUT2D eigenvalue weighted by atomic mass is 79.9. The van der Waals surface area contributed by atoms with Gasteiger partial charge in [0.15, 0.2) is 23.3 Å². The number of alkyl halides is 3. The molecule has 2 aliphatic rings. The predicted molar refractivity (Wildman–Crippen MR) is 121 cm³/mol. The Morgan fingerprint density at radius 2 is 1.86 bits per heavy atom. The van der Waals surface area contributed by atoms with E-state index in [9.17, 15) is 18.0 Å². The Balaban J connectivity index is 1.55. The number of amides is 1. The number of carbonyl (C=O) groups excluding carboxylic acids is 1. The van der Waals surface area contributed by atoms with Gasteiger partial charge in [0, 0.05) is 5.56 Å². The molecule has 0 bridgehead atoms. The predicted octanol–water partition coefficient (Wildman–Crippen LogP) is 4.43. The second-order valence-corrected chi connectivity index (χ2v) is 8.23. The van der Waals surface area contributed by atoms with Crippen LogP contribution in [0, 0.1) is 5.92 Å². The first-order chi connectivity index (χ1) is 16.7. The number of halogens is 4. The molecule has 1 N–H and O–H groups in total. The molecule has 186 valence electrons. The molecular weight excluding hydrogens is 539 g/mol. The van der Waals surface area contributed by atoms with Crippen LogP contribution in [0.15, 0.2) is 39.0 Å². The molecule has 4 rings (SSSR count). The number of benzene rings is 2. The number of nitrogens with one attached hydrogen (secondary N) is 1. The van der Waals surface area contributed by atoms with Gasteiger partial charge in [-0.25, -0.2) is 5.43 Å². The van der Waals surface area contributed by atoms with Crippen LogP contribution in [0.2, 0.25) is 0 Å². The molecule has 2 aliphatic heterocycles. The Morgan fingerprint density at radius 3 is 2.51 bits per heavy atom. The Kier molecular flexibility index (Phi) is 6.79. The summed E-state index contributed by atoms with van der Waals surface area (Å²) in [5.74, 6) is 0.0317. The molecule has 0 fully saturated rings. The molecular formula is C22H19BrF3N3O6. The van der Waals surface area contributed by atoms with E-state index in [1.165, 1.54) is 32.4 Å². The van der Waals surface area contributed by atoms with Gasteiger partial charge in [-0.05, 0) is 22.0 Å². The van der Waals surface area contributed by atoms with Crippen molar-refractivity contribution in [2.75, 3.05) is 21.0 Å². The summed E-state index contributed by atoms with van der Waals surface area (Å²) in [5.41, 5.74) is 1.60. The van der Waals surface area contributed by atoms with Crippen LogP contribution >= 0.6 is 15.9 Å². The average Bonchev–Trinajstić information content (AvgIpc) is 3.45. The number of hydrazone groups is 1. The van der Waals surface area contributed by atoms with Crippen LogP contribution < -0.4 is 24.4 Å². The Labute approximate surface area is 205 Å². The van der Waals surface area contributed by atoms with Crippen molar-refractivity contribution in [2.24, 2.45) is 16.2 Å². The van der Waals surface area contributed by atoms with Gasteiger partial charge < -0.3 is 23.8 Å². The minimum absolute atomic E-state index is 0.0122. The maximum Gasteiger partial charge on any atom is 0.417 e. The minimum Gasteiger partial charge on any atom is -0.492 e. The zero-order chi connectivity index (χ0) is 25.3. The van der Waals surface area contributed by atoms with E-state index in [-0.39, 0.29) is 18.1 Å². The zero-order valence-corrected chi connectivity index (χ0v) is 20.2. The van der Waals surface area contributed by atoms with E-state index in [2.05, 4.69) is 31.6 Å². The highest BCUT2D eigenvalue weighted by Crippen LogP contribution is 2.57. The van der Waals surface area contributed by atoms with Crippen molar-refractivity contribution < 1.29 is 41.8 Å². The summed E-state index contributed by atoms with van der Waals surface area (Å²) < 4.78 is 61.9. The maximum atomic E-state index is 13.1. The number of fused-ring (bicyclic) bond motifs is 1. The number of carbonyl (C=O) groups is 1. The molecule has 0 saturated heterocycles. The highest BCUT2D eigenvalue weighted by Gasteiger charge is 2.42. The largest absolute Gasteiger partial charge is 0.492 e. The molecule has 0 radical (unpaired) electrons. The van der Waals surface area contributed by atoms with Gasteiger partial charge in [0.25, 0.3) is 5.91 Å². The molecule has 0 spiro atoms. The van der Waals surface area contributed by atoms with Gasteiger partial charge in [0.05, 0.1) is 42.0 Å². The molecule has 13 heteroatoms. The number of rotatable bonds is 6. The third-order valence-corrected chi connectivity index (χ3v) is 6.20. The second-order valence-electron chi connectivity index (χ2n) is 7.43. The number of ether oxygens (including phenoxy) is 4. The second kappa shape index (κ2) is 9.64. The monoisotopic (exact) mass is 557 g/mol. The highest BCUT2D eigenvalue weighted by molar-refractivity contribution is 9.10. The summed E-state index contributed by atoms with van der Waals surface area (Å²) in [6, 6.07) is 4.87. The van der Waals surface area contributed by atoms with Crippen molar-refractivity contribution in [3.05, 3.63) is 45.4 Å². The lowest BCUT2D eigenvalue weighted by Crippen LogP contribution is -2.31. The van der Waals surface area contributed by atoms with Crippen LogP contribution in [0.3, 0.4) is 0 Å². The molecule has 2 atom stereocenters. The Bertz CT molecular complexity index is 1220. The lowest BCUT2D eigenvalue weighted by molar-refractivity contribution is -0.137. The number of oxime groups is 1. The summed E-state index contributed by atoms with van der Waals surface area (Å²) in [5, 5.41) is 7.55. The summed E-state index contributed by atoms with van der Waals surface area (Å²) in [7, 11) is 2.91. The van der Waals surface area contributed by atoms with Gasteiger partial charge in [0.1, 0.15) is 0 Å². The van der Waals surface area contributed by atoms with Crippen LogP contribution in [0.4, 0.5) is 13.2 Å². The summed E-state index contributed by atoms with van der Waals surface area (Å²) in [6.45, 7) is 1.67. The maximum absolute atomic E-state index is 13.1. The van der Waals surface area contributed by atoms with E-state index < -0.39 is 29.7 Å². The number of hydrogen-bond donors (Lipinski definition) is 1. The van der Waals surface area contributed by atoms with Gasteiger partial charge in [-0.15, -0.1) is 0 Å². The topological polar surface area (TPSA) is 100.0 Å². The van der Waals surface area contributed by atoms with E-state index in [1.807, 2.05) is 0 Å². The van der Waals surface area contributed by atoms with Gasteiger partial charge in [-0.1, -0.05) is 30.3 Å². The van der Waals surface area contributed by atoms with Crippen molar-refractivity contribution in [3.63, 3.8) is 0 Å². The van der Waals surface area contributed by atoms with Crippen LogP contribution in [0.1, 0.15) is 29.7 Å². The smallest absolute Gasteiger partial charge is 0.417 e. The fourth-order valence-electron chi connectivity index (χ4n) is 3.77. The van der Waals surface area contributed by atoms with Crippen molar-refractivity contribution >= 4 is 33.8 Å². The van der Waals surface area contributed by atoms with E-state index >= 15 is 0 Å². The number of nitrogens with zero attached hydrogens (tertiary/aromatic N) is 2. The lowest BCUT2D eigenvalue weighted by atomic mass is 9.92. The Hall–Kier alpha value is -3.48. The van der Waals surface area contributed by atoms with Crippen LogP contribution in [0.25, 0.3) is 0 Å². The molecule has 9 nitrogen and oxygen atoms in total. The zero-order valence-electron chi connectivity index (χ0n) is 18.6. The molecule has 2 aromatic carbocycles. The summed E-state index contributed by atoms with van der Waals surface area (Å²) in [4.78, 5) is 18.2. The van der Waals surface area contributed by atoms with Crippen LogP contribution in [-0.2, 0) is 15.8 Å². The number of methoxy groups -OCH3 is 2. The third kappa shape index (κ3) is 4.47. The first kappa shape index (κ1) is 24.6. The molecule has 1 amide bonds. The normalized spacial score (nSPS) is 18.9. The molecule has 2 heterocycles. The fraction of sp³-hybridized carbons (Fsp3) is 0.318. The molecule has 0 aliphatic carbocycles. The van der Waals surface area contributed by atoms with Crippen molar-refractivity contribution in [1.82, 2.24) is 5.43 Å².